The van der Waals surface area contributed by atoms with E-state index >= 15 is 0 Å². The van der Waals surface area contributed by atoms with E-state index in [-0.39, 0.29) is 29.6 Å². The van der Waals surface area contributed by atoms with E-state index < -0.39 is 0 Å². The minimum absolute atomic E-state index is 0.0765. The molecule has 1 aliphatic rings. The average molecular weight is 508 g/mol. The van der Waals surface area contributed by atoms with Gasteiger partial charge in [0.25, 0.3) is 11.8 Å². The zero-order valence-electron chi connectivity index (χ0n) is 20.3. The Hall–Kier alpha value is -3.82. The molecule has 0 saturated heterocycles. The monoisotopic (exact) mass is 507 g/mol. The van der Waals surface area contributed by atoms with Crippen molar-refractivity contribution in [1.29, 1.82) is 0 Å². The standard InChI is InChI=1S/C25H29N7O3S/c1-31(2)24(35)20-12-17-14-28-25(30-22(17)32(20)18-6-3-4-7-18)29-19-9-8-16(13-21(19)33)23(34)27-11-5-10-26-15-36/h8-9,12-14,18,33H,3-7,10-11H2,1-2H3,(H,27,34)(H,28,29,30). The molecule has 0 bridgehead atoms. The van der Waals surface area contributed by atoms with Gasteiger partial charge in [0.2, 0.25) is 5.95 Å². The molecule has 0 radical (unpaired) electrons. The molecule has 11 heteroatoms. The predicted molar refractivity (Wildman–Crippen MR) is 141 cm³/mol. The van der Waals surface area contributed by atoms with Crippen LogP contribution in [0.3, 0.4) is 0 Å². The quantitative estimate of drug-likeness (QED) is 0.173. The van der Waals surface area contributed by atoms with Crippen molar-refractivity contribution in [2.24, 2.45) is 4.99 Å². The van der Waals surface area contributed by atoms with E-state index in [4.69, 9.17) is 4.98 Å². The zero-order chi connectivity index (χ0) is 25.7. The first-order valence-electron chi connectivity index (χ1n) is 11.9. The van der Waals surface area contributed by atoms with Crippen LogP contribution in [-0.2, 0) is 0 Å². The van der Waals surface area contributed by atoms with Crippen LogP contribution in [0.15, 0.2) is 35.5 Å². The summed E-state index contributed by atoms with van der Waals surface area (Å²) in [6.07, 6.45) is 6.54. The second kappa shape index (κ2) is 11.3. The normalized spacial score (nSPS) is 13.4. The molecule has 2 amide bonds. The van der Waals surface area contributed by atoms with Gasteiger partial charge >= 0.3 is 0 Å². The fourth-order valence-corrected chi connectivity index (χ4v) is 4.49. The van der Waals surface area contributed by atoms with Gasteiger partial charge < -0.3 is 25.2 Å². The minimum atomic E-state index is -0.298. The third-order valence-electron chi connectivity index (χ3n) is 6.19. The minimum Gasteiger partial charge on any atom is -0.506 e. The van der Waals surface area contributed by atoms with Crippen molar-refractivity contribution in [2.75, 3.05) is 32.5 Å². The van der Waals surface area contributed by atoms with Crippen molar-refractivity contribution in [3.05, 3.63) is 41.7 Å². The van der Waals surface area contributed by atoms with Crippen LogP contribution in [0.25, 0.3) is 11.0 Å². The largest absolute Gasteiger partial charge is 0.506 e. The number of isothiocyanates is 1. The lowest BCUT2D eigenvalue weighted by atomic mass is 10.1. The number of carbonyl (C=O) groups excluding carboxylic acids is 2. The highest BCUT2D eigenvalue weighted by atomic mass is 32.1. The fraction of sp³-hybridized carbons (Fsp3) is 0.400. The van der Waals surface area contributed by atoms with Crippen LogP contribution in [0.1, 0.15) is 59.0 Å². The predicted octanol–water partition coefficient (Wildman–Crippen LogP) is 3.92. The Morgan fingerprint density at radius 2 is 2.06 bits per heavy atom. The maximum atomic E-state index is 12.9. The maximum absolute atomic E-state index is 12.9. The molecule has 0 atom stereocenters. The van der Waals surface area contributed by atoms with Crippen molar-refractivity contribution in [3.8, 4) is 5.75 Å². The van der Waals surface area contributed by atoms with Gasteiger partial charge in [-0.1, -0.05) is 12.8 Å². The molecule has 0 unspecified atom stereocenters. The van der Waals surface area contributed by atoms with E-state index in [0.717, 1.165) is 31.1 Å². The number of hydrogen-bond donors (Lipinski definition) is 3. The van der Waals surface area contributed by atoms with E-state index in [1.165, 1.54) is 6.07 Å². The van der Waals surface area contributed by atoms with Crippen molar-refractivity contribution in [2.45, 2.75) is 38.1 Å². The van der Waals surface area contributed by atoms with Crippen molar-refractivity contribution >= 4 is 51.9 Å². The fourth-order valence-electron chi connectivity index (χ4n) is 4.40. The summed E-state index contributed by atoms with van der Waals surface area (Å²) in [6.45, 7) is 0.935. The molecule has 1 fully saturated rings. The van der Waals surface area contributed by atoms with Crippen molar-refractivity contribution in [1.82, 2.24) is 24.8 Å². The molecule has 1 aromatic carbocycles. The highest BCUT2D eigenvalue weighted by Crippen LogP contribution is 2.35. The van der Waals surface area contributed by atoms with E-state index in [1.54, 1.807) is 37.3 Å². The Labute approximate surface area is 214 Å². The van der Waals surface area contributed by atoms with Crippen LogP contribution in [-0.4, -0.2) is 68.7 Å². The molecule has 0 aliphatic heterocycles. The van der Waals surface area contributed by atoms with Crippen LogP contribution < -0.4 is 10.6 Å². The molecule has 2 aromatic heterocycles. The number of rotatable bonds is 9. The number of amides is 2. The van der Waals surface area contributed by atoms with E-state index in [1.807, 2.05) is 10.6 Å². The van der Waals surface area contributed by atoms with Gasteiger partial charge in [0.15, 0.2) is 0 Å². The number of carbonyl (C=O) groups is 2. The highest BCUT2D eigenvalue weighted by molar-refractivity contribution is 7.78. The first kappa shape index (κ1) is 25.3. The molecular weight excluding hydrogens is 478 g/mol. The molecule has 4 rings (SSSR count). The maximum Gasteiger partial charge on any atom is 0.270 e. The third-order valence-corrected chi connectivity index (χ3v) is 6.32. The number of nitrogens with zero attached hydrogens (tertiary/aromatic N) is 5. The highest BCUT2D eigenvalue weighted by Gasteiger charge is 2.26. The van der Waals surface area contributed by atoms with Gasteiger partial charge in [-0.3, -0.25) is 9.59 Å². The summed E-state index contributed by atoms with van der Waals surface area (Å²) >= 11 is 4.51. The number of fused-ring (bicyclic) bond motifs is 1. The Balaban J connectivity index is 1.56. The summed E-state index contributed by atoms with van der Waals surface area (Å²) in [5.41, 5.74) is 1.97. The average Bonchev–Trinajstić information content (AvgIpc) is 3.52. The summed E-state index contributed by atoms with van der Waals surface area (Å²) in [6, 6.07) is 6.65. The number of benzene rings is 1. The Morgan fingerprint density at radius 3 is 2.75 bits per heavy atom. The number of phenols is 1. The zero-order valence-corrected chi connectivity index (χ0v) is 21.1. The van der Waals surface area contributed by atoms with Gasteiger partial charge in [-0.2, -0.15) is 4.98 Å². The van der Waals surface area contributed by atoms with E-state index in [0.29, 0.717) is 42.1 Å². The molecule has 0 spiro atoms. The number of aromatic nitrogens is 3. The van der Waals surface area contributed by atoms with Crippen LogP contribution in [0.5, 0.6) is 5.75 Å². The van der Waals surface area contributed by atoms with E-state index in [9.17, 15) is 14.7 Å². The van der Waals surface area contributed by atoms with Crippen molar-refractivity contribution < 1.29 is 14.7 Å². The second-order valence-corrected chi connectivity index (χ2v) is 9.13. The number of phenolic OH excluding ortho intramolecular Hbond substituents is 1. The molecule has 3 N–H and O–H groups in total. The summed E-state index contributed by atoms with van der Waals surface area (Å²) in [4.78, 5) is 39.7. The molecule has 36 heavy (non-hydrogen) atoms. The molecular formula is C25H29N7O3S. The number of hydrogen-bond acceptors (Lipinski definition) is 8. The van der Waals surface area contributed by atoms with Gasteiger partial charge in [-0.25, -0.2) is 9.98 Å². The van der Waals surface area contributed by atoms with Gasteiger partial charge in [0, 0.05) is 43.8 Å². The molecule has 188 valence electrons. The lowest BCUT2D eigenvalue weighted by molar-refractivity contribution is 0.0815. The lowest BCUT2D eigenvalue weighted by Gasteiger charge is -2.19. The lowest BCUT2D eigenvalue weighted by Crippen LogP contribution is -2.25. The summed E-state index contributed by atoms with van der Waals surface area (Å²) in [5.74, 6) is -0.192. The summed E-state index contributed by atoms with van der Waals surface area (Å²) in [5, 5.41) is 19.4. The Morgan fingerprint density at radius 1 is 1.28 bits per heavy atom. The summed E-state index contributed by atoms with van der Waals surface area (Å²) < 4.78 is 2.03. The number of thiocarbonyl (C=S) groups is 1. The van der Waals surface area contributed by atoms with Crippen LogP contribution in [0, 0.1) is 0 Å². The Bertz CT molecular complexity index is 1320. The van der Waals surface area contributed by atoms with Gasteiger partial charge in [0.1, 0.15) is 17.1 Å². The van der Waals surface area contributed by atoms with E-state index in [2.05, 4.69) is 38.0 Å². The topological polar surface area (TPSA) is 125 Å². The van der Waals surface area contributed by atoms with Crippen LogP contribution in [0.4, 0.5) is 11.6 Å². The Kier molecular flexibility index (Phi) is 7.92. The van der Waals surface area contributed by atoms with Crippen LogP contribution in [0.2, 0.25) is 0 Å². The molecule has 3 aromatic rings. The molecule has 1 aliphatic carbocycles. The smallest absolute Gasteiger partial charge is 0.270 e. The van der Waals surface area contributed by atoms with Gasteiger partial charge in [-0.05, 0) is 55.7 Å². The third kappa shape index (κ3) is 5.53. The SMILES string of the molecule is CN(C)C(=O)c1cc2cnc(Nc3ccc(C(=O)NCCCN=C=S)cc3O)nc2n1C1CCCC1. The summed E-state index contributed by atoms with van der Waals surface area (Å²) in [7, 11) is 3.47. The first-order valence-corrected chi connectivity index (χ1v) is 12.3. The molecule has 10 nitrogen and oxygen atoms in total. The second-order valence-electron chi connectivity index (χ2n) is 8.95. The number of aromatic hydroxyl groups is 1. The van der Waals surface area contributed by atoms with Gasteiger partial charge in [-0.15, -0.1) is 0 Å². The van der Waals surface area contributed by atoms with Crippen LogP contribution >= 0.6 is 12.2 Å². The number of nitrogens with one attached hydrogen (secondary N) is 2. The number of aliphatic imine (C=N–C) groups is 1. The van der Waals surface area contributed by atoms with Crippen molar-refractivity contribution in [3.63, 3.8) is 0 Å². The van der Waals surface area contributed by atoms with Gasteiger partial charge in [0.05, 0.1) is 17.4 Å². The first-order chi connectivity index (χ1) is 17.4. The molecule has 1 saturated carbocycles. The molecule has 2 heterocycles. The number of anilines is 2.